The molecule has 0 amide bonds. The molecule has 0 aliphatic carbocycles. The van der Waals surface area contributed by atoms with Crippen LogP contribution in [0.2, 0.25) is 0 Å². The minimum absolute atomic E-state index is 0.215. The Hall–Kier alpha value is -4.20. The van der Waals surface area contributed by atoms with E-state index < -0.39 is 29.2 Å². The van der Waals surface area contributed by atoms with Gasteiger partial charge in [-0.3, -0.25) is 9.59 Å². The standard InChI is InChI=1S/C25H20O8/c1-3-30-20-9-5-7-14-11-16(24(28)32-22(14)20)18(26)13-19(27)17-12-15-8-6-10-21(31-4-2)23(15)33-25(17)29/h5-12H,3-4,13H2,1-2H3. The molecular formula is C25H20O8. The third-order valence-electron chi connectivity index (χ3n) is 4.97. The number of Topliss-reactive ketones (excluding diaryl/α,β-unsaturated/α-hetero) is 2. The fourth-order valence-corrected chi connectivity index (χ4v) is 3.50. The van der Waals surface area contributed by atoms with Crippen LogP contribution < -0.4 is 20.7 Å². The van der Waals surface area contributed by atoms with Crippen LogP contribution in [-0.2, 0) is 0 Å². The second-order valence-corrected chi connectivity index (χ2v) is 7.13. The Morgan fingerprint density at radius 2 is 1.15 bits per heavy atom. The number of benzene rings is 2. The van der Waals surface area contributed by atoms with Crippen molar-refractivity contribution >= 4 is 33.5 Å². The molecule has 0 saturated heterocycles. The van der Waals surface area contributed by atoms with Crippen molar-refractivity contribution in [3.05, 3.63) is 80.5 Å². The molecule has 4 aromatic rings. The molecular weight excluding hydrogens is 428 g/mol. The highest BCUT2D eigenvalue weighted by Gasteiger charge is 2.22. The normalized spacial score (nSPS) is 11.0. The van der Waals surface area contributed by atoms with Gasteiger partial charge in [-0.05, 0) is 38.1 Å². The van der Waals surface area contributed by atoms with Gasteiger partial charge in [-0.15, -0.1) is 0 Å². The number of fused-ring (bicyclic) bond motifs is 2. The number of rotatable bonds is 8. The highest BCUT2D eigenvalue weighted by atomic mass is 16.5. The molecule has 2 aromatic carbocycles. The molecule has 168 valence electrons. The number of carbonyl (C=O) groups excluding carboxylic acids is 2. The maximum absolute atomic E-state index is 12.8. The van der Waals surface area contributed by atoms with Gasteiger partial charge in [0.1, 0.15) is 11.1 Å². The van der Waals surface area contributed by atoms with E-state index >= 15 is 0 Å². The summed E-state index contributed by atoms with van der Waals surface area (Å²) >= 11 is 0. The zero-order chi connectivity index (χ0) is 23.5. The molecule has 2 aromatic heterocycles. The van der Waals surface area contributed by atoms with Gasteiger partial charge in [-0.2, -0.15) is 0 Å². The summed E-state index contributed by atoms with van der Waals surface area (Å²) in [4.78, 5) is 50.4. The maximum Gasteiger partial charge on any atom is 0.347 e. The summed E-state index contributed by atoms with van der Waals surface area (Å²) in [6, 6.07) is 12.7. The van der Waals surface area contributed by atoms with Crippen molar-refractivity contribution in [2.45, 2.75) is 20.3 Å². The lowest BCUT2D eigenvalue weighted by Crippen LogP contribution is -2.20. The number of para-hydroxylation sites is 2. The first kappa shape index (κ1) is 22.0. The van der Waals surface area contributed by atoms with Gasteiger partial charge in [0.25, 0.3) is 0 Å². The highest BCUT2D eigenvalue weighted by molar-refractivity contribution is 6.14. The van der Waals surface area contributed by atoms with Crippen LogP contribution in [0, 0.1) is 0 Å². The van der Waals surface area contributed by atoms with Crippen LogP contribution in [-0.4, -0.2) is 24.8 Å². The van der Waals surface area contributed by atoms with E-state index in [0.717, 1.165) is 0 Å². The van der Waals surface area contributed by atoms with Crippen LogP contribution in [0.3, 0.4) is 0 Å². The van der Waals surface area contributed by atoms with Gasteiger partial charge >= 0.3 is 11.3 Å². The van der Waals surface area contributed by atoms with Gasteiger partial charge in [0.05, 0.1) is 19.6 Å². The van der Waals surface area contributed by atoms with E-state index in [1.807, 2.05) is 0 Å². The summed E-state index contributed by atoms with van der Waals surface area (Å²) in [5, 5.41) is 0.954. The lowest BCUT2D eigenvalue weighted by atomic mass is 10.0. The molecule has 0 radical (unpaired) electrons. The smallest absolute Gasteiger partial charge is 0.347 e. The lowest BCUT2D eigenvalue weighted by molar-refractivity contribution is 0.0890. The Morgan fingerprint density at radius 1 is 0.727 bits per heavy atom. The fraction of sp³-hybridized carbons (Fsp3) is 0.200. The fourth-order valence-electron chi connectivity index (χ4n) is 3.50. The van der Waals surface area contributed by atoms with E-state index in [-0.39, 0.29) is 22.3 Å². The van der Waals surface area contributed by atoms with Crippen molar-refractivity contribution in [3.63, 3.8) is 0 Å². The Bertz CT molecular complexity index is 1380. The lowest BCUT2D eigenvalue weighted by Gasteiger charge is -2.08. The van der Waals surface area contributed by atoms with Crippen LogP contribution in [0.15, 0.2) is 67.0 Å². The van der Waals surface area contributed by atoms with Gasteiger partial charge in [0.2, 0.25) is 0 Å². The van der Waals surface area contributed by atoms with Gasteiger partial charge in [-0.1, -0.05) is 24.3 Å². The van der Waals surface area contributed by atoms with Gasteiger partial charge in [0.15, 0.2) is 34.2 Å². The molecule has 2 heterocycles. The molecule has 8 heteroatoms. The summed E-state index contributed by atoms with van der Waals surface area (Å²) in [7, 11) is 0. The number of carbonyl (C=O) groups is 2. The molecule has 0 atom stereocenters. The third-order valence-corrected chi connectivity index (χ3v) is 4.97. The monoisotopic (exact) mass is 448 g/mol. The predicted octanol–water partition coefficient (Wildman–Crippen LogP) is 4.15. The van der Waals surface area contributed by atoms with Crippen LogP contribution in [0.4, 0.5) is 0 Å². The van der Waals surface area contributed by atoms with E-state index in [2.05, 4.69) is 0 Å². The SMILES string of the molecule is CCOc1cccc2cc(C(=O)CC(=O)c3cc4cccc(OCC)c4oc3=O)c(=O)oc12. The van der Waals surface area contributed by atoms with Crippen molar-refractivity contribution in [1.29, 1.82) is 0 Å². The quantitative estimate of drug-likeness (QED) is 0.224. The van der Waals surface area contributed by atoms with Crippen molar-refractivity contribution in [2.24, 2.45) is 0 Å². The van der Waals surface area contributed by atoms with E-state index in [0.29, 0.717) is 35.5 Å². The van der Waals surface area contributed by atoms with Gasteiger partial charge in [-0.25, -0.2) is 9.59 Å². The Balaban J connectivity index is 1.66. The second-order valence-electron chi connectivity index (χ2n) is 7.13. The topological polar surface area (TPSA) is 113 Å². The van der Waals surface area contributed by atoms with Crippen LogP contribution in [0.1, 0.15) is 41.0 Å². The predicted molar refractivity (Wildman–Crippen MR) is 121 cm³/mol. The summed E-state index contributed by atoms with van der Waals surface area (Å²) in [5.74, 6) is -0.773. The molecule has 8 nitrogen and oxygen atoms in total. The number of hydrogen-bond acceptors (Lipinski definition) is 8. The van der Waals surface area contributed by atoms with E-state index in [1.165, 1.54) is 12.1 Å². The molecule has 0 aliphatic heterocycles. The molecule has 0 spiro atoms. The molecule has 0 N–H and O–H groups in total. The molecule has 0 fully saturated rings. The number of ketones is 2. The van der Waals surface area contributed by atoms with Crippen molar-refractivity contribution in [3.8, 4) is 11.5 Å². The molecule has 33 heavy (non-hydrogen) atoms. The van der Waals surface area contributed by atoms with Gasteiger partial charge in [0, 0.05) is 10.8 Å². The first-order valence-electron chi connectivity index (χ1n) is 10.4. The zero-order valence-corrected chi connectivity index (χ0v) is 18.0. The first-order valence-corrected chi connectivity index (χ1v) is 10.4. The Morgan fingerprint density at radius 3 is 1.55 bits per heavy atom. The largest absolute Gasteiger partial charge is 0.490 e. The molecule has 0 aliphatic rings. The van der Waals surface area contributed by atoms with Crippen LogP contribution in [0.25, 0.3) is 21.9 Å². The van der Waals surface area contributed by atoms with Crippen molar-refractivity contribution in [2.75, 3.05) is 13.2 Å². The molecule has 4 rings (SSSR count). The summed E-state index contributed by atoms with van der Waals surface area (Å²) in [5.41, 5.74) is -1.92. The Kier molecular flexibility index (Phi) is 6.08. The summed E-state index contributed by atoms with van der Waals surface area (Å²) in [6.45, 7) is 4.33. The van der Waals surface area contributed by atoms with E-state index in [4.69, 9.17) is 18.3 Å². The first-order chi connectivity index (χ1) is 15.9. The highest BCUT2D eigenvalue weighted by Crippen LogP contribution is 2.26. The average Bonchev–Trinajstić information content (AvgIpc) is 2.79. The van der Waals surface area contributed by atoms with Gasteiger partial charge < -0.3 is 18.3 Å². The second kappa shape index (κ2) is 9.12. The van der Waals surface area contributed by atoms with Crippen LogP contribution >= 0.6 is 0 Å². The number of ether oxygens (including phenoxy) is 2. The van der Waals surface area contributed by atoms with Crippen LogP contribution in [0.5, 0.6) is 11.5 Å². The van der Waals surface area contributed by atoms with Crippen molar-refractivity contribution in [1.82, 2.24) is 0 Å². The molecule has 0 bridgehead atoms. The summed E-state index contributed by atoms with van der Waals surface area (Å²) in [6.07, 6.45) is -0.692. The van der Waals surface area contributed by atoms with Crippen molar-refractivity contribution < 1.29 is 27.9 Å². The Labute approximate surface area is 187 Å². The number of hydrogen-bond donors (Lipinski definition) is 0. The summed E-state index contributed by atoms with van der Waals surface area (Å²) < 4.78 is 21.5. The average molecular weight is 448 g/mol. The third kappa shape index (κ3) is 4.27. The molecule has 0 saturated carbocycles. The minimum atomic E-state index is -0.889. The zero-order valence-electron chi connectivity index (χ0n) is 18.0. The van der Waals surface area contributed by atoms with E-state index in [1.54, 1.807) is 50.2 Å². The van der Waals surface area contributed by atoms with E-state index in [9.17, 15) is 19.2 Å². The minimum Gasteiger partial charge on any atom is -0.490 e. The molecule has 0 unspecified atom stereocenters. The maximum atomic E-state index is 12.8.